The molecule has 2 atom stereocenters. The lowest BCUT2D eigenvalue weighted by Gasteiger charge is -2.34. The molecule has 1 amide bonds. The summed E-state index contributed by atoms with van der Waals surface area (Å²) in [6, 6.07) is 6.58. The van der Waals surface area contributed by atoms with Gasteiger partial charge in [-0.1, -0.05) is 18.2 Å². The first-order chi connectivity index (χ1) is 10.6. The molecule has 1 aromatic carbocycles. The quantitative estimate of drug-likeness (QED) is 0.932. The molecule has 1 N–H and O–H groups in total. The lowest BCUT2D eigenvalue weighted by Crippen LogP contribution is -2.43. The van der Waals surface area contributed by atoms with Gasteiger partial charge >= 0.3 is 0 Å². The molecule has 3 heteroatoms. The molecular weight excluding hydrogens is 274 g/mol. The molecule has 1 aliphatic carbocycles. The van der Waals surface area contributed by atoms with Gasteiger partial charge in [0.15, 0.2) is 0 Å². The summed E-state index contributed by atoms with van der Waals surface area (Å²) in [5, 5.41) is 9.76. The summed E-state index contributed by atoms with van der Waals surface area (Å²) >= 11 is 0. The van der Waals surface area contributed by atoms with Gasteiger partial charge in [-0.15, -0.1) is 0 Å². The number of carbonyl (C=O) groups excluding carboxylic acids is 1. The Bertz CT molecular complexity index is 538. The SMILES string of the molecule is CC(O)C1CCCN(C(=O)Cc2ccc3c(c2)CCCC3)C1. The van der Waals surface area contributed by atoms with Crippen molar-refractivity contribution in [2.24, 2.45) is 5.92 Å². The summed E-state index contributed by atoms with van der Waals surface area (Å²) in [5.41, 5.74) is 4.05. The molecule has 1 aliphatic heterocycles. The molecule has 0 aromatic heterocycles. The van der Waals surface area contributed by atoms with Crippen LogP contribution in [0.2, 0.25) is 0 Å². The highest BCUT2D eigenvalue weighted by atomic mass is 16.3. The van der Waals surface area contributed by atoms with E-state index in [9.17, 15) is 9.90 Å². The van der Waals surface area contributed by atoms with Gasteiger partial charge in [0.2, 0.25) is 5.91 Å². The van der Waals surface area contributed by atoms with Gasteiger partial charge in [0.1, 0.15) is 0 Å². The zero-order valence-electron chi connectivity index (χ0n) is 13.6. The van der Waals surface area contributed by atoms with Crippen LogP contribution < -0.4 is 0 Å². The number of piperidine rings is 1. The van der Waals surface area contributed by atoms with Crippen LogP contribution in [0.25, 0.3) is 0 Å². The zero-order valence-corrected chi connectivity index (χ0v) is 13.6. The van der Waals surface area contributed by atoms with Gasteiger partial charge in [0, 0.05) is 19.0 Å². The van der Waals surface area contributed by atoms with Gasteiger partial charge in [0.05, 0.1) is 12.5 Å². The van der Waals surface area contributed by atoms with Crippen molar-refractivity contribution in [2.75, 3.05) is 13.1 Å². The number of hydrogen-bond acceptors (Lipinski definition) is 2. The highest BCUT2D eigenvalue weighted by Gasteiger charge is 2.26. The number of fused-ring (bicyclic) bond motifs is 1. The first-order valence-electron chi connectivity index (χ1n) is 8.70. The average molecular weight is 301 g/mol. The predicted octanol–water partition coefficient (Wildman–Crippen LogP) is 2.73. The third-order valence-electron chi connectivity index (χ3n) is 5.26. The molecule has 3 rings (SSSR count). The number of benzene rings is 1. The minimum atomic E-state index is -0.320. The molecule has 3 nitrogen and oxygen atoms in total. The molecule has 0 spiro atoms. The van der Waals surface area contributed by atoms with E-state index in [1.807, 2.05) is 11.8 Å². The lowest BCUT2D eigenvalue weighted by molar-refractivity contribution is -0.133. The lowest BCUT2D eigenvalue weighted by atomic mass is 9.89. The van der Waals surface area contributed by atoms with E-state index in [-0.39, 0.29) is 17.9 Å². The van der Waals surface area contributed by atoms with Crippen LogP contribution in [0.1, 0.15) is 49.3 Å². The van der Waals surface area contributed by atoms with Crippen molar-refractivity contribution in [3.63, 3.8) is 0 Å². The first kappa shape index (κ1) is 15.5. The van der Waals surface area contributed by atoms with Crippen molar-refractivity contribution in [3.05, 3.63) is 34.9 Å². The number of aryl methyl sites for hydroxylation is 2. The normalized spacial score (nSPS) is 23.0. The fourth-order valence-corrected chi connectivity index (χ4v) is 3.81. The second kappa shape index (κ2) is 6.82. The molecule has 120 valence electrons. The van der Waals surface area contributed by atoms with E-state index < -0.39 is 0 Å². The Morgan fingerprint density at radius 3 is 2.82 bits per heavy atom. The van der Waals surface area contributed by atoms with Crippen molar-refractivity contribution in [1.82, 2.24) is 4.90 Å². The molecule has 1 heterocycles. The van der Waals surface area contributed by atoms with Crippen LogP contribution in [0.15, 0.2) is 18.2 Å². The molecule has 0 saturated carbocycles. The zero-order chi connectivity index (χ0) is 15.5. The van der Waals surface area contributed by atoms with Crippen LogP contribution >= 0.6 is 0 Å². The average Bonchev–Trinajstić information content (AvgIpc) is 2.55. The summed E-state index contributed by atoms with van der Waals surface area (Å²) in [6.45, 7) is 3.39. The second-order valence-electron chi connectivity index (χ2n) is 6.97. The van der Waals surface area contributed by atoms with Crippen LogP contribution in [0.3, 0.4) is 0 Å². The maximum absolute atomic E-state index is 12.5. The predicted molar refractivity (Wildman–Crippen MR) is 87.8 cm³/mol. The van der Waals surface area contributed by atoms with Crippen molar-refractivity contribution in [1.29, 1.82) is 0 Å². The second-order valence-corrected chi connectivity index (χ2v) is 6.97. The molecule has 22 heavy (non-hydrogen) atoms. The maximum Gasteiger partial charge on any atom is 0.227 e. The Balaban J connectivity index is 1.64. The van der Waals surface area contributed by atoms with Gasteiger partial charge < -0.3 is 10.0 Å². The van der Waals surface area contributed by atoms with Gasteiger partial charge in [-0.05, 0) is 62.1 Å². The monoisotopic (exact) mass is 301 g/mol. The molecule has 2 aliphatic rings. The van der Waals surface area contributed by atoms with E-state index in [1.54, 1.807) is 0 Å². The largest absolute Gasteiger partial charge is 0.393 e. The van der Waals surface area contributed by atoms with Gasteiger partial charge in [0.25, 0.3) is 0 Å². The smallest absolute Gasteiger partial charge is 0.227 e. The summed E-state index contributed by atoms with van der Waals surface area (Å²) < 4.78 is 0. The van der Waals surface area contributed by atoms with Crippen molar-refractivity contribution in [3.8, 4) is 0 Å². The summed E-state index contributed by atoms with van der Waals surface area (Å²) in [4.78, 5) is 14.5. The maximum atomic E-state index is 12.5. The Labute approximate surface area is 133 Å². The Morgan fingerprint density at radius 1 is 1.27 bits per heavy atom. The number of likely N-dealkylation sites (tertiary alicyclic amines) is 1. The Morgan fingerprint density at radius 2 is 2.05 bits per heavy atom. The summed E-state index contributed by atoms with van der Waals surface area (Å²) in [7, 11) is 0. The summed E-state index contributed by atoms with van der Waals surface area (Å²) in [5.74, 6) is 0.447. The van der Waals surface area contributed by atoms with Crippen molar-refractivity contribution in [2.45, 2.75) is 58.0 Å². The molecule has 1 saturated heterocycles. The first-order valence-corrected chi connectivity index (χ1v) is 8.70. The van der Waals surface area contributed by atoms with Gasteiger partial charge in [-0.25, -0.2) is 0 Å². The van der Waals surface area contributed by atoms with E-state index >= 15 is 0 Å². The highest BCUT2D eigenvalue weighted by Crippen LogP contribution is 2.24. The third kappa shape index (κ3) is 3.52. The molecular formula is C19H27NO2. The third-order valence-corrected chi connectivity index (χ3v) is 5.26. The molecule has 0 bridgehead atoms. The molecule has 1 fully saturated rings. The number of carbonyl (C=O) groups is 1. The molecule has 2 unspecified atom stereocenters. The number of hydrogen-bond donors (Lipinski definition) is 1. The topological polar surface area (TPSA) is 40.5 Å². The van der Waals surface area contributed by atoms with Crippen LogP contribution in [-0.4, -0.2) is 35.1 Å². The van der Waals surface area contributed by atoms with E-state index in [4.69, 9.17) is 0 Å². The van der Waals surface area contributed by atoms with Crippen LogP contribution in [0.4, 0.5) is 0 Å². The van der Waals surface area contributed by atoms with E-state index in [2.05, 4.69) is 18.2 Å². The Kier molecular flexibility index (Phi) is 4.82. The number of rotatable bonds is 3. The van der Waals surface area contributed by atoms with E-state index in [1.165, 1.54) is 30.4 Å². The Hall–Kier alpha value is -1.35. The fourth-order valence-electron chi connectivity index (χ4n) is 3.81. The van der Waals surface area contributed by atoms with Crippen molar-refractivity contribution < 1.29 is 9.90 Å². The van der Waals surface area contributed by atoms with Gasteiger partial charge in [-0.2, -0.15) is 0 Å². The van der Waals surface area contributed by atoms with Gasteiger partial charge in [-0.3, -0.25) is 4.79 Å². The molecule has 0 radical (unpaired) electrons. The minimum absolute atomic E-state index is 0.209. The van der Waals surface area contributed by atoms with Crippen LogP contribution in [-0.2, 0) is 24.1 Å². The molecule has 1 aromatic rings. The highest BCUT2D eigenvalue weighted by molar-refractivity contribution is 5.79. The number of nitrogens with zero attached hydrogens (tertiary/aromatic N) is 1. The standard InChI is InChI=1S/C19H27NO2/c1-14(21)18-7-4-10-20(13-18)19(22)12-15-8-9-16-5-2-3-6-17(16)11-15/h8-9,11,14,18,21H,2-7,10,12-13H2,1H3. The number of aliphatic hydroxyl groups excluding tert-OH is 1. The van der Waals surface area contributed by atoms with Crippen LogP contribution in [0, 0.1) is 5.92 Å². The van der Waals surface area contributed by atoms with Crippen molar-refractivity contribution >= 4 is 5.91 Å². The van der Waals surface area contributed by atoms with Crippen LogP contribution in [0.5, 0.6) is 0 Å². The summed E-state index contributed by atoms with van der Waals surface area (Å²) in [6.07, 6.45) is 7.12. The minimum Gasteiger partial charge on any atom is -0.393 e. The fraction of sp³-hybridized carbons (Fsp3) is 0.632. The number of aliphatic hydroxyl groups is 1. The number of amides is 1. The van der Waals surface area contributed by atoms with E-state index in [0.717, 1.165) is 31.4 Å². The van der Waals surface area contributed by atoms with E-state index in [0.29, 0.717) is 13.0 Å².